The zero-order chi connectivity index (χ0) is 22.2. The van der Waals surface area contributed by atoms with E-state index in [2.05, 4.69) is 0 Å². The maximum Gasteiger partial charge on any atom is 0.338 e. The third kappa shape index (κ3) is 3.43. The molecule has 0 saturated carbocycles. The first-order valence-corrected chi connectivity index (χ1v) is 10.3. The van der Waals surface area contributed by atoms with Crippen molar-refractivity contribution in [2.75, 3.05) is 18.3 Å². The van der Waals surface area contributed by atoms with Crippen molar-refractivity contribution in [2.45, 2.75) is 12.8 Å². The number of ketones is 1. The van der Waals surface area contributed by atoms with Crippen molar-refractivity contribution in [3.05, 3.63) is 65.7 Å². The van der Waals surface area contributed by atoms with E-state index in [0.29, 0.717) is 35.6 Å². The van der Waals surface area contributed by atoms with Crippen molar-refractivity contribution in [2.24, 2.45) is 11.8 Å². The van der Waals surface area contributed by atoms with Crippen LogP contribution in [-0.4, -0.2) is 37.0 Å². The van der Waals surface area contributed by atoms with Crippen LogP contribution in [0.25, 0.3) is 0 Å². The molecule has 162 valence electrons. The van der Waals surface area contributed by atoms with Crippen LogP contribution in [0.5, 0.6) is 11.5 Å². The summed E-state index contributed by atoms with van der Waals surface area (Å²) in [6.07, 6.45) is 4.99. The average molecular weight is 433 g/mol. The highest BCUT2D eigenvalue weighted by molar-refractivity contribution is 6.22. The Bertz CT molecular complexity index is 1130. The minimum atomic E-state index is -0.678. The van der Waals surface area contributed by atoms with Gasteiger partial charge in [0.05, 0.1) is 23.1 Å². The smallest absolute Gasteiger partial charge is 0.338 e. The van der Waals surface area contributed by atoms with Crippen LogP contribution in [0.1, 0.15) is 33.6 Å². The topological polar surface area (TPSA) is 99.2 Å². The van der Waals surface area contributed by atoms with E-state index in [1.165, 1.54) is 29.2 Å². The van der Waals surface area contributed by atoms with Gasteiger partial charge < -0.3 is 14.2 Å². The van der Waals surface area contributed by atoms with Crippen molar-refractivity contribution in [1.82, 2.24) is 0 Å². The molecule has 1 saturated heterocycles. The Morgan fingerprint density at radius 2 is 1.50 bits per heavy atom. The number of ether oxygens (including phenoxy) is 3. The number of amides is 2. The Labute approximate surface area is 183 Å². The second-order valence-electron chi connectivity index (χ2n) is 7.78. The van der Waals surface area contributed by atoms with Gasteiger partial charge in [-0.2, -0.15) is 0 Å². The predicted molar refractivity (Wildman–Crippen MR) is 111 cm³/mol. The Morgan fingerprint density at radius 1 is 0.875 bits per heavy atom. The van der Waals surface area contributed by atoms with E-state index in [0.717, 1.165) is 0 Å². The Balaban J connectivity index is 1.22. The molecule has 2 atom stereocenters. The highest BCUT2D eigenvalue weighted by atomic mass is 16.7. The number of Topliss-reactive ketones (excluding diaryl/α,β-unsaturated/α-hetero) is 1. The molecule has 1 aliphatic carbocycles. The van der Waals surface area contributed by atoms with Gasteiger partial charge >= 0.3 is 5.97 Å². The number of hydrogen-bond acceptors (Lipinski definition) is 7. The molecule has 32 heavy (non-hydrogen) atoms. The van der Waals surface area contributed by atoms with Gasteiger partial charge in [0.25, 0.3) is 0 Å². The number of carbonyl (C=O) groups excluding carboxylic acids is 4. The number of esters is 1. The van der Waals surface area contributed by atoms with E-state index in [4.69, 9.17) is 14.2 Å². The Kier molecular flexibility index (Phi) is 4.97. The molecule has 0 bridgehead atoms. The highest BCUT2D eigenvalue weighted by Gasteiger charge is 2.47. The lowest BCUT2D eigenvalue weighted by Gasteiger charge is -2.15. The van der Waals surface area contributed by atoms with Crippen molar-refractivity contribution < 1.29 is 33.4 Å². The van der Waals surface area contributed by atoms with Crippen molar-refractivity contribution in [3.63, 3.8) is 0 Å². The van der Waals surface area contributed by atoms with E-state index in [-0.39, 0.29) is 41.8 Å². The molecule has 2 aliphatic heterocycles. The summed E-state index contributed by atoms with van der Waals surface area (Å²) in [6, 6.07) is 10.8. The van der Waals surface area contributed by atoms with Crippen LogP contribution in [0, 0.1) is 11.8 Å². The maximum atomic E-state index is 12.7. The summed E-state index contributed by atoms with van der Waals surface area (Å²) in [5, 5.41) is 0. The predicted octanol–water partition coefficient (Wildman–Crippen LogP) is 2.91. The van der Waals surface area contributed by atoms with Crippen molar-refractivity contribution in [3.8, 4) is 11.5 Å². The van der Waals surface area contributed by atoms with Crippen LogP contribution >= 0.6 is 0 Å². The standard InChI is InChI=1S/C24H19NO7/c26-19(15-7-10-20-21(11-15)32-13-31-20)12-30-24(29)14-5-8-16(9-6-14)25-22(27)17-3-1-2-4-18(17)23(25)28/h1-2,5-11,17-18H,3-4,12-13H2. The van der Waals surface area contributed by atoms with Gasteiger partial charge in [-0.05, 0) is 55.3 Å². The highest BCUT2D eigenvalue weighted by Crippen LogP contribution is 2.37. The van der Waals surface area contributed by atoms with Gasteiger partial charge in [-0.25, -0.2) is 4.79 Å². The van der Waals surface area contributed by atoms with Gasteiger partial charge in [0.15, 0.2) is 23.9 Å². The number of anilines is 1. The third-order valence-corrected chi connectivity index (χ3v) is 5.90. The zero-order valence-corrected chi connectivity index (χ0v) is 17.0. The molecule has 5 rings (SSSR count). The summed E-state index contributed by atoms with van der Waals surface area (Å²) in [4.78, 5) is 51.3. The number of nitrogens with zero attached hydrogens (tertiary/aromatic N) is 1. The average Bonchev–Trinajstić information content (AvgIpc) is 3.39. The fourth-order valence-corrected chi connectivity index (χ4v) is 4.17. The van der Waals surface area contributed by atoms with Gasteiger partial charge in [0, 0.05) is 5.56 Å². The number of benzene rings is 2. The monoisotopic (exact) mass is 433 g/mol. The minimum Gasteiger partial charge on any atom is -0.454 e. The molecule has 0 radical (unpaired) electrons. The van der Waals surface area contributed by atoms with Crippen LogP contribution in [0.3, 0.4) is 0 Å². The fourth-order valence-electron chi connectivity index (χ4n) is 4.17. The first-order valence-electron chi connectivity index (χ1n) is 10.3. The van der Waals surface area contributed by atoms with Crippen LogP contribution in [0.2, 0.25) is 0 Å². The molecule has 0 N–H and O–H groups in total. The largest absolute Gasteiger partial charge is 0.454 e. The summed E-state index contributed by atoms with van der Waals surface area (Å²) < 4.78 is 15.6. The number of carbonyl (C=O) groups is 4. The van der Waals surface area contributed by atoms with Crippen LogP contribution in [-0.2, 0) is 14.3 Å². The lowest BCUT2D eigenvalue weighted by atomic mass is 9.85. The van der Waals surface area contributed by atoms with E-state index >= 15 is 0 Å². The SMILES string of the molecule is O=C(COC(=O)c1ccc(N2C(=O)C3CC=CCC3C2=O)cc1)c1ccc2c(c1)OCO2. The second-order valence-corrected chi connectivity index (χ2v) is 7.78. The normalized spacial score (nSPS) is 20.9. The molecule has 1 fully saturated rings. The number of rotatable bonds is 5. The molecule has 8 heteroatoms. The van der Waals surface area contributed by atoms with Crippen LogP contribution in [0.15, 0.2) is 54.6 Å². The second kappa shape index (κ2) is 7.96. The fraction of sp³-hybridized carbons (Fsp3) is 0.250. The van der Waals surface area contributed by atoms with Crippen molar-refractivity contribution >= 4 is 29.3 Å². The Morgan fingerprint density at radius 3 is 2.19 bits per heavy atom. The van der Waals surface area contributed by atoms with Gasteiger partial charge in [-0.15, -0.1) is 0 Å². The van der Waals surface area contributed by atoms with Crippen LogP contribution in [0.4, 0.5) is 5.69 Å². The summed E-state index contributed by atoms with van der Waals surface area (Å²) in [7, 11) is 0. The van der Waals surface area contributed by atoms with E-state index in [9.17, 15) is 19.2 Å². The van der Waals surface area contributed by atoms with E-state index in [1.807, 2.05) is 12.2 Å². The minimum absolute atomic E-state index is 0.102. The van der Waals surface area contributed by atoms with Gasteiger partial charge in [0.2, 0.25) is 18.6 Å². The Hall–Kier alpha value is -3.94. The maximum absolute atomic E-state index is 12.7. The number of imide groups is 1. The molecule has 2 aromatic carbocycles. The molecule has 8 nitrogen and oxygen atoms in total. The summed E-state index contributed by atoms with van der Waals surface area (Å²) >= 11 is 0. The number of fused-ring (bicyclic) bond motifs is 2. The van der Waals surface area contributed by atoms with Crippen molar-refractivity contribution in [1.29, 1.82) is 0 Å². The van der Waals surface area contributed by atoms with E-state index < -0.39 is 12.6 Å². The molecule has 2 aromatic rings. The number of allylic oxidation sites excluding steroid dienone is 2. The first kappa shape index (κ1) is 20.0. The van der Waals surface area contributed by atoms with Gasteiger partial charge in [-0.3, -0.25) is 19.3 Å². The molecular formula is C24H19NO7. The lowest BCUT2D eigenvalue weighted by Crippen LogP contribution is -2.30. The summed E-state index contributed by atoms with van der Waals surface area (Å²) in [5.41, 5.74) is 0.979. The van der Waals surface area contributed by atoms with Crippen LogP contribution < -0.4 is 14.4 Å². The van der Waals surface area contributed by atoms with Gasteiger partial charge in [-0.1, -0.05) is 12.2 Å². The van der Waals surface area contributed by atoms with E-state index in [1.54, 1.807) is 18.2 Å². The summed E-state index contributed by atoms with van der Waals surface area (Å²) in [5.74, 6) is -1.09. The zero-order valence-electron chi connectivity index (χ0n) is 17.0. The molecule has 3 aliphatic rings. The molecule has 2 unspecified atom stereocenters. The first-order chi connectivity index (χ1) is 15.5. The third-order valence-electron chi connectivity index (χ3n) is 5.90. The molecule has 0 spiro atoms. The lowest BCUT2D eigenvalue weighted by molar-refractivity contribution is -0.122. The quantitative estimate of drug-likeness (QED) is 0.309. The van der Waals surface area contributed by atoms with Gasteiger partial charge in [0.1, 0.15) is 0 Å². The molecule has 2 heterocycles. The number of hydrogen-bond donors (Lipinski definition) is 0. The molecule has 2 amide bonds. The summed E-state index contributed by atoms with van der Waals surface area (Å²) in [6.45, 7) is -0.329. The molecular weight excluding hydrogens is 414 g/mol. The molecule has 0 aromatic heterocycles.